The molecule has 1 aliphatic heterocycles. The normalized spacial score (nSPS) is 21.5. The quantitative estimate of drug-likeness (QED) is 0.680. The molecule has 0 saturated heterocycles. The minimum atomic E-state index is -4.88. The van der Waals surface area contributed by atoms with Gasteiger partial charge in [0.1, 0.15) is 11.6 Å². The first-order valence-electron chi connectivity index (χ1n) is 7.68. The fourth-order valence-electron chi connectivity index (χ4n) is 2.73. The van der Waals surface area contributed by atoms with Crippen LogP contribution in [0.2, 0.25) is 0 Å². The smallest absolute Gasteiger partial charge is 0.444 e. The predicted octanol–water partition coefficient (Wildman–Crippen LogP) is 4.10. The Morgan fingerprint density at radius 1 is 1.15 bits per heavy atom. The van der Waals surface area contributed by atoms with Crippen molar-refractivity contribution in [1.29, 1.82) is 0 Å². The third kappa shape index (κ3) is 4.39. The molecular formula is C14H18F6N4O2. The van der Waals surface area contributed by atoms with Crippen LogP contribution in [0.5, 0.6) is 0 Å². The molecule has 1 aromatic heterocycles. The first kappa shape index (κ1) is 20.3. The van der Waals surface area contributed by atoms with E-state index in [1.165, 1.54) is 27.7 Å². The van der Waals surface area contributed by atoms with Crippen molar-refractivity contribution in [1.82, 2.24) is 19.7 Å². The topological polar surface area (TPSA) is 60.3 Å². The Bertz CT molecular complexity index is 676. The first-order chi connectivity index (χ1) is 11.6. The number of carbonyl (C=O) groups excluding carboxylic acids is 1. The Morgan fingerprint density at radius 3 is 2.19 bits per heavy atom. The minimum Gasteiger partial charge on any atom is -0.444 e. The lowest BCUT2D eigenvalue weighted by molar-refractivity contribution is -0.153. The number of carbonyl (C=O) groups is 1. The number of hydrogen-bond donors (Lipinski definition) is 0. The Morgan fingerprint density at radius 2 is 1.73 bits per heavy atom. The van der Waals surface area contributed by atoms with Crippen LogP contribution >= 0.6 is 0 Å². The molecule has 0 aromatic carbocycles. The number of rotatable bonds is 1. The van der Waals surface area contributed by atoms with Crippen LogP contribution in [0.15, 0.2) is 0 Å². The van der Waals surface area contributed by atoms with Crippen LogP contribution in [0.4, 0.5) is 31.1 Å². The second-order valence-corrected chi connectivity index (χ2v) is 7.07. The van der Waals surface area contributed by atoms with Crippen molar-refractivity contribution in [3.05, 3.63) is 11.6 Å². The summed E-state index contributed by atoms with van der Waals surface area (Å²) in [4.78, 5) is 13.1. The highest BCUT2D eigenvalue weighted by Gasteiger charge is 2.48. The van der Waals surface area contributed by atoms with Gasteiger partial charge in [-0.05, 0) is 27.7 Å². The molecule has 0 N–H and O–H groups in total. The van der Waals surface area contributed by atoms with E-state index in [1.807, 2.05) is 0 Å². The van der Waals surface area contributed by atoms with Gasteiger partial charge in [-0.3, -0.25) is 4.90 Å². The molecule has 1 aliphatic rings. The number of fused-ring (bicyclic) bond motifs is 1. The van der Waals surface area contributed by atoms with Crippen LogP contribution in [0.25, 0.3) is 0 Å². The van der Waals surface area contributed by atoms with Crippen molar-refractivity contribution in [2.45, 2.75) is 64.2 Å². The Labute approximate surface area is 145 Å². The Kier molecular flexibility index (Phi) is 4.92. The van der Waals surface area contributed by atoms with Gasteiger partial charge >= 0.3 is 18.4 Å². The summed E-state index contributed by atoms with van der Waals surface area (Å²) in [5.41, 5.74) is -0.981. The Hall–Kier alpha value is -2.01. The highest BCUT2D eigenvalue weighted by molar-refractivity contribution is 5.69. The molecule has 0 saturated carbocycles. The van der Waals surface area contributed by atoms with Crippen molar-refractivity contribution < 1.29 is 35.9 Å². The number of nitrogens with zero attached hydrogens (tertiary/aromatic N) is 4. The monoisotopic (exact) mass is 388 g/mol. The second kappa shape index (κ2) is 6.31. The highest BCUT2D eigenvalue weighted by Crippen LogP contribution is 2.41. The number of amides is 1. The van der Waals surface area contributed by atoms with E-state index in [0.29, 0.717) is 4.57 Å². The third-order valence-electron chi connectivity index (χ3n) is 3.60. The molecule has 12 heteroatoms. The molecule has 0 fully saturated rings. The van der Waals surface area contributed by atoms with Gasteiger partial charge in [0.05, 0.1) is 12.5 Å². The second-order valence-electron chi connectivity index (χ2n) is 7.07. The molecule has 1 aromatic rings. The van der Waals surface area contributed by atoms with E-state index in [-0.39, 0.29) is 0 Å². The van der Waals surface area contributed by atoms with Crippen LogP contribution < -0.4 is 0 Å². The molecule has 0 radical (unpaired) electrons. The fourth-order valence-corrected chi connectivity index (χ4v) is 2.73. The standard InChI is InChI=1S/C14H18F6N4O2/c1-7-6-23(11(25)26-12(2,3)4)8(5-13(15,16)17)9-21-22-10(24(7)9)14(18,19)20/h7-8H,5-6H2,1-4H3. The van der Waals surface area contributed by atoms with Gasteiger partial charge in [0.2, 0.25) is 5.82 Å². The van der Waals surface area contributed by atoms with E-state index in [2.05, 4.69) is 10.2 Å². The van der Waals surface area contributed by atoms with Crippen LogP contribution in [-0.4, -0.2) is 44.1 Å². The van der Waals surface area contributed by atoms with Gasteiger partial charge in [-0.2, -0.15) is 26.3 Å². The van der Waals surface area contributed by atoms with Crippen LogP contribution in [0.3, 0.4) is 0 Å². The maximum absolute atomic E-state index is 13.1. The van der Waals surface area contributed by atoms with E-state index >= 15 is 0 Å². The number of aromatic nitrogens is 3. The van der Waals surface area contributed by atoms with Gasteiger partial charge in [0.25, 0.3) is 0 Å². The van der Waals surface area contributed by atoms with E-state index < -0.39 is 60.7 Å². The molecular weight excluding hydrogens is 370 g/mol. The number of ether oxygens (including phenoxy) is 1. The van der Waals surface area contributed by atoms with Crippen molar-refractivity contribution in [2.75, 3.05) is 6.54 Å². The summed E-state index contributed by atoms with van der Waals surface area (Å²) in [6.07, 6.45) is -12.2. The minimum absolute atomic E-state index is 0.399. The largest absolute Gasteiger partial charge is 0.451 e. The molecule has 148 valence electrons. The lowest BCUT2D eigenvalue weighted by Gasteiger charge is -2.39. The van der Waals surface area contributed by atoms with Crippen LogP contribution in [-0.2, 0) is 10.9 Å². The summed E-state index contributed by atoms with van der Waals surface area (Å²) in [5.74, 6) is -1.96. The van der Waals surface area contributed by atoms with Gasteiger partial charge in [-0.25, -0.2) is 4.79 Å². The summed E-state index contributed by atoms with van der Waals surface area (Å²) >= 11 is 0. The molecule has 0 aliphatic carbocycles. The number of alkyl halides is 6. The van der Waals surface area contributed by atoms with Crippen molar-refractivity contribution in [2.24, 2.45) is 0 Å². The number of hydrogen-bond acceptors (Lipinski definition) is 4. The van der Waals surface area contributed by atoms with Crippen LogP contribution in [0, 0.1) is 0 Å². The molecule has 1 amide bonds. The van der Waals surface area contributed by atoms with Gasteiger partial charge in [-0.1, -0.05) is 0 Å². The summed E-state index contributed by atoms with van der Waals surface area (Å²) in [7, 11) is 0. The average molecular weight is 388 g/mol. The van der Waals surface area contributed by atoms with E-state index in [0.717, 1.165) is 4.90 Å². The molecule has 0 bridgehead atoms. The predicted molar refractivity (Wildman–Crippen MR) is 76.1 cm³/mol. The van der Waals surface area contributed by atoms with Crippen molar-refractivity contribution in [3.63, 3.8) is 0 Å². The molecule has 2 heterocycles. The van der Waals surface area contributed by atoms with Crippen LogP contribution in [0.1, 0.15) is 57.8 Å². The van der Waals surface area contributed by atoms with Gasteiger partial charge in [0, 0.05) is 6.54 Å². The molecule has 0 spiro atoms. The molecule has 26 heavy (non-hydrogen) atoms. The van der Waals surface area contributed by atoms with E-state index in [4.69, 9.17) is 4.74 Å². The van der Waals surface area contributed by atoms with Gasteiger partial charge in [-0.15, -0.1) is 10.2 Å². The zero-order chi connectivity index (χ0) is 20.1. The lowest BCUT2D eigenvalue weighted by atomic mass is 10.1. The van der Waals surface area contributed by atoms with Gasteiger partial charge < -0.3 is 9.30 Å². The molecule has 6 nitrogen and oxygen atoms in total. The first-order valence-corrected chi connectivity index (χ1v) is 7.68. The SMILES string of the molecule is CC1CN(C(=O)OC(C)(C)C)C(CC(F)(F)F)c2nnc(C(F)(F)F)n21. The zero-order valence-electron chi connectivity index (χ0n) is 14.4. The lowest BCUT2D eigenvalue weighted by Crippen LogP contribution is -2.47. The van der Waals surface area contributed by atoms with Crippen molar-refractivity contribution in [3.8, 4) is 0 Å². The third-order valence-corrected chi connectivity index (χ3v) is 3.60. The molecule has 2 atom stereocenters. The molecule has 2 unspecified atom stereocenters. The number of halogens is 6. The maximum Gasteiger partial charge on any atom is 0.451 e. The zero-order valence-corrected chi connectivity index (χ0v) is 14.4. The van der Waals surface area contributed by atoms with E-state index in [1.54, 1.807) is 0 Å². The summed E-state index contributed by atoms with van der Waals surface area (Å²) in [6, 6.07) is -2.74. The van der Waals surface area contributed by atoms with Gasteiger partial charge in [0.15, 0.2) is 5.82 Å². The van der Waals surface area contributed by atoms with Crippen molar-refractivity contribution >= 4 is 6.09 Å². The fraction of sp³-hybridized carbons (Fsp3) is 0.786. The van der Waals surface area contributed by atoms with E-state index in [9.17, 15) is 31.1 Å². The highest BCUT2D eigenvalue weighted by atomic mass is 19.4. The maximum atomic E-state index is 13.1. The Balaban J connectivity index is 2.49. The summed E-state index contributed by atoms with van der Waals surface area (Å²) in [6.45, 7) is 5.52. The average Bonchev–Trinajstić information content (AvgIpc) is 2.83. The summed E-state index contributed by atoms with van der Waals surface area (Å²) in [5, 5.41) is 6.32. The summed E-state index contributed by atoms with van der Waals surface area (Å²) < 4.78 is 83.9. The molecule has 2 rings (SSSR count).